The molecule has 3 heteroatoms. The molecule has 90 valence electrons. The van der Waals surface area contributed by atoms with Gasteiger partial charge in [-0.05, 0) is 31.0 Å². The van der Waals surface area contributed by atoms with Crippen LogP contribution in [0.4, 0.5) is 0 Å². The van der Waals surface area contributed by atoms with Crippen molar-refractivity contribution >= 4 is 15.9 Å². The predicted molar refractivity (Wildman–Crippen MR) is 71.7 cm³/mol. The van der Waals surface area contributed by atoms with Crippen molar-refractivity contribution in [3.8, 4) is 0 Å². The van der Waals surface area contributed by atoms with Gasteiger partial charge in [-0.15, -0.1) is 0 Å². The van der Waals surface area contributed by atoms with Crippen molar-refractivity contribution in [2.45, 2.75) is 26.3 Å². The molecule has 0 aliphatic rings. The number of ether oxygens (including phenoxy) is 1. The Morgan fingerprint density at radius 1 is 1.38 bits per heavy atom. The zero-order valence-electron chi connectivity index (χ0n) is 10.0. The quantitative estimate of drug-likeness (QED) is 0.774. The molecule has 1 aromatic carbocycles. The molecule has 0 fully saturated rings. The standard InChI is InChI=1S/C13H20BrNO/c1-3-8-16-9-7-15-11(2)12-5-4-6-13(14)10-12/h4-6,10-11,15H,3,7-9H2,1-2H3/t11-/m1/s1. The summed E-state index contributed by atoms with van der Waals surface area (Å²) in [6, 6.07) is 8.74. The van der Waals surface area contributed by atoms with Crippen molar-refractivity contribution in [1.29, 1.82) is 0 Å². The summed E-state index contributed by atoms with van der Waals surface area (Å²) in [4.78, 5) is 0. The molecule has 0 aliphatic heterocycles. The van der Waals surface area contributed by atoms with Gasteiger partial charge >= 0.3 is 0 Å². The zero-order valence-corrected chi connectivity index (χ0v) is 11.6. The molecule has 16 heavy (non-hydrogen) atoms. The summed E-state index contributed by atoms with van der Waals surface area (Å²) in [6.45, 7) is 6.83. The third kappa shape index (κ3) is 5.10. The minimum atomic E-state index is 0.364. The Morgan fingerprint density at radius 2 is 2.19 bits per heavy atom. The molecule has 0 aliphatic carbocycles. The van der Waals surface area contributed by atoms with Crippen LogP contribution in [-0.2, 0) is 4.74 Å². The highest BCUT2D eigenvalue weighted by Crippen LogP contribution is 2.17. The van der Waals surface area contributed by atoms with E-state index in [1.165, 1.54) is 5.56 Å². The number of hydrogen-bond acceptors (Lipinski definition) is 2. The molecule has 0 unspecified atom stereocenters. The van der Waals surface area contributed by atoms with Crippen LogP contribution in [0.5, 0.6) is 0 Å². The number of rotatable bonds is 7. The smallest absolute Gasteiger partial charge is 0.0591 e. The van der Waals surface area contributed by atoms with E-state index in [0.717, 1.165) is 30.7 Å². The molecular formula is C13H20BrNO. The topological polar surface area (TPSA) is 21.3 Å². The van der Waals surface area contributed by atoms with Crippen LogP contribution in [0.2, 0.25) is 0 Å². The van der Waals surface area contributed by atoms with Crippen LogP contribution in [0.15, 0.2) is 28.7 Å². The molecule has 1 rings (SSSR count). The van der Waals surface area contributed by atoms with E-state index >= 15 is 0 Å². The van der Waals surface area contributed by atoms with Crippen LogP contribution in [-0.4, -0.2) is 19.8 Å². The average Bonchev–Trinajstić information content (AvgIpc) is 2.28. The maximum absolute atomic E-state index is 5.42. The second kappa shape index (κ2) is 7.82. The molecule has 0 aromatic heterocycles. The predicted octanol–water partition coefficient (Wildman–Crippen LogP) is 3.53. The molecule has 1 N–H and O–H groups in total. The normalized spacial score (nSPS) is 12.7. The summed E-state index contributed by atoms with van der Waals surface area (Å²) >= 11 is 3.48. The molecule has 0 bridgehead atoms. The lowest BCUT2D eigenvalue weighted by atomic mass is 10.1. The van der Waals surface area contributed by atoms with Crippen LogP contribution < -0.4 is 5.32 Å². The molecule has 0 saturated carbocycles. The van der Waals surface area contributed by atoms with Crippen LogP contribution in [0.1, 0.15) is 31.9 Å². The largest absolute Gasteiger partial charge is 0.380 e. The molecule has 0 radical (unpaired) electrons. The summed E-state index contributed by atoms with van der Waals surface area (Å²) in [5.74, 6) is 0. The van der Waals surface area contributed by atoms with Gasteiger partial charge in [0.15, 0.2) is 0 Å². The van der Waals surface area contributed by atoms with Gasteiger partial charge in [0.25, 0.3) is 0 Å². The van der Waals surface area contributed by atoms with Gasteiger partial charge in [0, 0.05) is 23.7 Å². The van der Waals surface area contributed by atoms with Gasteiger partial charge in [0.1, 0.15) is 0 Å². The highest BCUT2D eigenvalue weighted by Gasteiger charge is 2.03. The Labute approximate surface area is 107 Å². The average molecular weight is 286 g/mol. The van der Waals surface area contributed by atoms with E-state index in [9.17, 15) is 0 Å². The van der Waals surface area contributed by atoms with E-state index in [-0.39, 0.29) is 0 Å². The molecule has 0 spiro atoms. The summed E-state index contributed by atoms with van der Waals surface area (Å²) in [6.07, 6.45) is 1.08. The third-order valence-corrected chi connectivity index (χ3v) is 2.89. The number of benzene rings is 1. The molecule has 0 heterocycles. The summed E-state index contributed by atoms with van der Waals surface area (Å²) in [7, 11) is 0. The summed E-state index contributed by atoms with van der Waals surface area (Å²) in [5.41, 5.74) is 1.30. The number of nitrogens with one attached hydrogen (secondary N) is 1. The number of hydrogen-bond donors (Lipinski definition) is 1. The zero-order chi connectivity index (χ0) is 11.8. The lowest BCUT2D eigenvalue weighted by Gasteiger charge is -2.14. The second-order valence-corrected chi connectivity index (χ2v) is 4.76. The fraction of sp³-hybridized carbons (Fsp3) is 0.538. The Morgan fingerprint density at radius 3 is 2.88 bits per heavy atom. The van der Waals surface area contributed by atoms with Crippen molar-refractivity contribution < 1.29 is 4.74 Å². The highest BCUT2D eigenvalue weighted by molar-refractivity contribution is 9.10. The van der Waals surface area contributed by atoms with Gasteiger partial charge in [0.05, 0.1) is 6.61 Å². The van der Waals surface area contributed by atoms with Gasteiger partial charge < -0.3 is 10.1 Å². The monoisotopic (exact) mass is 285 g/mol. The minimum absolute atomic E-state index is 0.364. The summed E-state index contributed by atoms with van der Waals surface area (Å²) in [5, 5.41) is 3.44. The fourth-order valence-electron chi connectivity index (χ4n) is 1.49. The van der Waals surface area contributed by atoms with Crippen LogP contribution in [0.25, 0.3) is 0 Å². The van der Waals surface area contributed by atoms with Crippen molar-refractivity contribution in [2.75, 3.05) is 19.8 Å². The van der Waals surface area contributed by atoms with Crippen molar-refractivity contribution in [2.24, 2.45) is 0 Å². The molecule has 1 aromatic rings. The summed E-state index contributed by atoms with van der Waals surface area (Å²) < 4.78 is 6.55. The van der Waals surface area contributed by atoms with E-state index in [2.05, 4.69) is 53.3 Å². The molecular weight excluding hydrogens is 266 g/mol. The maximum atomic E-state index is 5.42. The van der Waals surface area contributed by atoms with Gasteiger partial charge in [-0.2, -0.15) is 0 Å². The first kappa shape index (κ1) is 13.7. The van der Waals surface area contributed by atoms with E-state index in [1.807, 2.05) is 6.07 Å². The van der Waals surface area contributed by atoms with E-state index in [4.69, 9.17) is 4.74 Å². The lowest BCUT2D eigenvalue weighted by Crippen LogP contribution is -2.23. The Balaban J connectivity index is 2.27. The van der Waals surface area contributed by atoms with E-state index < -0.39 is 0 Å². The van der Waals surface area contributed by atoms with Crippen LogP contribution in [0.3, 0.4) is 0 Å². The second-order valence-electron chi connectivity index (χ2n) is 3.84. The van der Waals surface area contributed by atoms with Crippen LogP contribution >= 0.6 is 15.9 Å². The lowest BCUT2D eigenvalue weighted by molar-refractivity contribution is 0.135. The Kier molecular flexibility index (Phi) is 6.69. The SMILES string of the molecule is CCCOCCN[C@H](C)c1cccc(Br)c1. The van der Waals surface area contributed by atoms with Crippen molar-refractivity contribution in [1.82, 2.24) is 5.32 Å². The van der Waals surface area contributed by atoms with Gasteiger partial charge in [-0.25, -0.2) is 0 Å². The first-order valence-electron chi connectivity index (χ1n) is 5.80. The van der Waals surface area contributed by atoms with Crippen molar-refractivity contribution in [3.05, 3.63) is 34.3 Å². The Bertz CT molecular complexity index is 304. The van der Waals surface area contributed by atoms with E-state index in [1.54, 1.807) is 0 Å². The fourth-order valence-corrected chi connectivity index (χ4v) is 1.90. The van der Waals surface area contributed by atoms with Crippen molar-refractivity contribution in [3.63, 3.8) is 0 Å². The van der Waals surface area contributed by atoms with E-state index in [0.29, 0.717) is 6.04 Å². The molecule has 0 saturated heterocycles. The first-order valence-corrected chi connectivity index (χ1v) is 6.60. The minimum Gasteiger partial charge on any atom is -0.380 e. The molecule has 1 atom stereocenters. The Hall–Kier alpha value is -0.380. The molecule has 0 amide bonds. The highest BCUT2D eigenvalue weighted by atomic mass is 79.9. The van der Waals surface area contributed by atoms with Gasteiger partial charge in [0.2, 0.25) is 0 Å². The molecule has 2 nitrogen and oxygen atoms in total. The van der Waals surface area contributed by atoms with Crippen LogP contribution in [0, 0.1) is 0 Å². The maximum Gasteiger partial charge on any atom is 0.0591 e. The van der Waals surface area contributed by atoms with Gasteiger partial charge in [-0.1, -0.05) is 35.0 Å². The third-order valence-electron chi connectivity index (χ3n) is 2.39. The van der Waals surface area contributed by atoms with Gasteiger partial charge in [-0.3, -0.25) is 0 Å². The first-order chi connectivity index (χ1) is 7.74. The number of halogens is 1.